The number of nitrogen functional groups attached to an aromatic ring is 1. The molecule has 0 spiro atoms. The van der Waals surface area contributed by atoms with Crippen molar-refractivity contribution in [3.05, 3.63) is 35.7 Å². The Morgan fingerprint density at radius 3 is 2.21 bits per heavy atom. The minimum atomic E-state index is -4.45. The van der Waals surface area contributed by atoms with E-state index in [1.165, 1.54) is 23.5 Å². The van der Waals surface area contributed by atoms with Gasteiger partial charge in [-0.1, -0.05) is 0 Å². The molecule has 7 atom stereocenters. The van der Waals surface area contributed by atoms with E-state index >= 15 is 0 Å². The number of rotatable bonds is 16. The standard InChI is InChI=1S/C32H45N9O13P2S2/c1-31(2,3)29(43)48-16-57-55(45,46)50-11-20-19(9-22(53-20)41-15-39-24-27(41)36-13-37-28(24)42)54-56(47,58-17-49-30(44)32(4,5)6)51-10-18-7-8-21(52-18)40-14-38-23-25(33)34-12-35-26(23)40/h12-15,18-22H,7-11,16-17H2,1-6H3,(H,45,46)(H2,33,34,35)(H,36,37,42). The molecule has 2 aliphatic rings. The molecule has 318 valence electrons. The summed E-state index contributed by atoms with van der Waals surface area (Å²) in [4.78, 5) is 71.2. The SMILES string of the molecule is CC(C)(C)C(=O)OCSP(=O)(O)OCC1OC(n2cnc3c(=O)[nH]cnc32)CC1OP(=O)(OCC1CCC(n2cnc3c(N)ncnc32)O1)SCOC(=O)C(C)(C)C. The molecule has 2 aliphatic heterocycles. The van der Waals surface area contributed by atoms with Gasteiger partial charge in [-0.05, 0) is 54.4 Å². The number of hydrogen-bond acceptors (Lipinski definition) is 20. The van der Waals surface area contributed by atoms with Crippen LogP contribution in [0.3, 0.4) is 0 Å². The molecule has 4 aromatic heterocycles. The van der Waals surface area contributed by atoms with Crippen molar-refractivity contribution in [2.45, 2.75) is 91.6 Å². The molecule has 0 aliphatic carbocycles. The van der Waals surface area contributed by atoms with Gasteiger partial charge in [0, 0.05) is 29.2 Å². The number of hydrogen-bond donors (Lipinski definition) is 3. The van der Waals surface area contributed by atoms with Crippen LogP contribution in [-0.2, 0) is 51.2 Å². The number of aromatic nitrogens is 8. The van der Waals surface area contributed by atoms with Crippen LogP contribution >= 0.6 is 36.4 Å². The second kappa shape index (κ2) is 17.6. The zero-order chi connectivity index (χ0) is 42.0. The molecule has 22 nitrogen and oxygen atoms in total. The van der Waals surface area contributed by atoms with E-state index in [1.807, 2.05) is 0 Å². The number of nitrogens with two attached hydrogens (primary N) is 1. The van der Waals surface area contributed by atoms with Crippen molar-refractivity contribution in [1.82, 2.24) is 39.0 Å². The van der Waals surface area contributed by atoms with E-state index in [-0.39, 0.29) is 30.0 Å². The molecule has 58 heavy (non-hydrogen) atoms. The van der Waals surface area contributed by atoms with Gasteiger partial charge in [0.1, 0.15) is 48.4 Å². The minimum Gasteiger partial charge on any atom is -0.454 e. The molecule has 0 saturated carbocycles. The molecule has 4 aromatic rings. The molecule has 0 amide bonds. The average Bonchev–Trinajstić information content (AvgIpc) is 3.95. The molecule has 0 radical (unpaired) electrons. The van der Waals surface area contributed by atoms with E-state index in [4.69, 9.17) is 38.3 Å². The minimum absolute atomic E-state index is 0.0315. The Labute approximate surface area is 339 Å². The number of anilines is 1. The summed E-state index contributed by atoms with van der Waals surface area (Å²) in [5.41, 5.74) is 4.88. The molecular weight excluding hydrogens is 844 g/mol. The number of ether oxygens (including phenoxy) is 4. The van der Waals surface area contributed by atoms with Crippen molar-refractivity contribution in [3.8, 4) is 0 Å². The summed E-state index contributed by atoms with van der Waals surface area (Å²) in [6.07, 6.45) is 2.11. The van der Waals surface area contributed by atoms with Gasteiger partial charge in [-0.15, -0.1) is 0 Å². The molecule has 2 saturated heterocycles. The number of nitrogens with zero attached hydrogens (tertiary/aromatic N) is 7. The highest BCUT2D eigenvalue weighted by atomic mass is 32.7. The Bertz CT molecular complexity index is 2280. The average molecular weight is 890 g/mol. The Kier molecular flexibility index (Phi) is 13.4. The number of carbonyl (C=O) groups is 2. The number of carbonyl (C=O) groups excluding carboxylic acids is 2. The van der Waals surface area contributed by atoms with Crippen molar-refractivity contribution in [1.29, 1.82) is 0 Å². The molecule has 7 unspecified atom stereocenters. The van der Waals surface area contributed by atoms with E-state index in [1.54, 1.807) is 52.4 Å². The van der Waals surface area contributed by atoms with Crippen molar-refractivity contribution in [2.75, 3.05) is 30.8 Å². The second-order valence-corrected chi connectivity index (χ2v) is 23.1. The van der Waals surface area contributed by atoms with Crippen LogP contribution in [0.2, 0.25) is 0 Å². The smallest absolute Gasteiger partial charge is 0.392 e. The lowest BCUT2D eigenvalue weighted by molar-refractivity contribution is -0.151. The molecule has 6 heterocycles. The first-order chi connectivity index (χ1) is 27.2. The van der Waals surface area contributed by atoms with Crippen LogP contribution in [0.4, 0.5) is 5.82 Å². The summed E-state index contributed by atoms with van der Waals surface area (Å²) in [6, 6.07) is 0. The third-order valence-electron chi connectivity index (χ3n) is 8.75. The summed E-state index contributed by atoms with van der Waals surface area (Å²) < 4.78 is 71.5. The van der Waals surface area contributed by atoms with Crippen molar-refractivity contribution >= 4 is 76.4 Å². The normalized spacial score (nSPS) is 23.5. The van der Waals surface area contributed by atoms with Gasteiger partial charge in [-0.2, -0.15) is 0 Å². The van der Waals surface area contributed by atoms with Crippen LogP contribution in [-0.4, -0.2) is 99.3 Å². The van der Waals surface area contributed by atoms with Gasteiger partial charge in [0.2, 0.25) is 0 Å². The number of nitrogens with one attached hydrogen (secondary N) is 1. The van der Waals surface area contributed by atoms with Gasteiger partial charge < -0.3 is 34.6 Å². The molecular formula is C32H45N9O13P2S2. The van der Waals surface area contributed by atoms with E-state index in [0.717, 1.165) is 0 Å². The summed E-state index contributed by atoms with van der Waals surface area (Å²) in [7, 11) is 0. The van der Waals surface area contributed by atoms with Gasteiger partial charge in [-0.3, -0.25) is 37.1 Å². The Morgan fingerprint density at radius 1 is 0.879 bits per heavy atom. The first kappa shape index (κ1) is 44.1. The molecule has 0 bridgehead atoms. The zero-order valence-corrected chi connectivity index (χ0v) is 35.8. The van der Waals surface area contributed by atoms with Crippen LogP contribution in [0.15, 0.2) is 30.1 Å². The van der Waals surface area contributed by atoms with Gasteiger partial charge in [-0.25, -0.2) is 34.0 Å². The quantitative estimate of drug-likeness (QED) is 0.0781. The monoisotopic (exact) mass is 889 g/mol. The summed E-state index contributed by atoms with van der Waals surface area (Å²) in [5.74, 6) is -1.78. The lowest BCUT2D eigenvalue weighted by Gasteiger charge is -2.26. The predicted octanol–water partition coefficient (Wildman–Crippen LogP) is 4.69. The highest BCUT2D eigenvalue weighted by Gasteiger charge is 2.45. The van der Waals surface area contributed by atoms with Crippen LogP contribution < -0.4 is 11.3 Å². The Hall–Kier alpha value is -3.44. The predicted molar refractivity (Wildman–Crippen MR) is 210 cm³/mol. The van der Waals surface area contributed by atoms with Gasteiger partial charge in [0.15, 0.2) is 22.6 Å². The van der Waals surface area contributed by atoms with Crippen LogP contribution in [0, 0.1) is 10.8 Å². The van der Waals surface area contributed by atoms with Crippen LogP contribution in [0.5, 0.6) is 0 Å². The topological polar surface area (TPSA) is 286 Å². The highest BCUT2D eigenvalue weighted by molar-refractivity contribution is 8.55. The van der Waals surface area contributed by atoms with E-state index in [2.05, 4.69) is 29.9 Å². The van der Waals surface area contributed by atoms with Crippen LogP contribution in [0.25, 0.3) is 22.3 Å². The number of H-pyrrole nitrogens is 1. The number of fused-ring (bicyclic) bond motifs is 2. The van der Waals surface area contributed by atoms with Crippen molar-refractivity contribution in [3.63, 3.8) is 0 Å². The fraction of sp³-hybridized carbons (Fsp3) is 0.625. The maximum absolute atomic E-state index is 14.7. The summed E-state index contributed by atoms with van der Waals surface area (Å²) in [6.45, 7) is 0.429. The third kappa shape index (κ3) is 10.6. The molecule has 0 aromatic carbocycles. The maximum Gasteiger partial charge on any atom is 0.392 e. The Morgan fingerprint density at radius 2 is 1.52 bits per heavy atom. The fourth-order valence-corrected chi connectivity index (χ4v) is 10.2. The van der Waals surface area contributed by atoms with E-state index < -0.39 is 91.2 Å². The molecule has 6 rings (SSSR count). The fourth-order valence-electron chi connectivity index (χ4n) is 5.67. The summed E-state index contributed by atoms with van der Waals surface area (Å²) in [5, 5.41) is 0. The van der Waals surface area contributed by atoms with Crippen molar-refractivity contribution in [2.24, 2.45) is 10.8 Å². The van der Waals surface area contributed by atoms with Crippen molar-refractivity contribution < 1.29 is 56.1 Å². The second-order valence-electron chi connectivity index (χ2n) is 15.3. The number of imidazole rings is 2. The third-order valence-corrected chi connectivity index (χ3v) is 14.8. The lowest BCUT2D eigenvalue weighted by Crippen LogP contribution is -2.28. The van der Waals surface area contributed by atoms with Crippen LogP contribution in [0.1, 0.15) is 73.3 Å². The molecule has 4 N–H and O–H groups in total. The number of esters is 2. The van der Waals surface area contributed by atoms with E-state index in [0.29, 0.717) is 46.8 Å². The largest absolute Gasteiger partial charge is 0.454 e. The van der Waals surface area contributed by atoms with Gasteiger partial charge >= 0.3 is 25.5 Å². The summed E-state index contributed by atoms with van der Waals surface area (Å²) >= 11 is 1.00. The first-order valence-corrected chi connectivity index (χ1v) is 24.2. The number of aromatic amines is 1. The lowest BCUT2D eigenvalue weighted by atomic mass is 9.98. The van der Waals surface area contributed by atoms with Gasteiger partial charge in [0.25, 0.3) is 5.56 Å². The molecule has 2 fully saturated rings. The maximum atomic E-state index is 14.7. The molecule has 26 heteroatoms. The van der Waals surface area contributed by atoms with E-state index in [9.17, 15) is 28.4 Å². The van der Waals surface area contributed by atoms with Gasteiger partial charge in [0.05, 0.1) is 49.1 Å². The highest BCUT2D eigenvalue weighted by Crippen LogP contribution is 2.63. The zero-order valence-electron chi connectivity index (χ0n) is 32.4. The first-order valence-electron chi connectivity index (χ1n) is 17.9. The Balaban J connectivity index is 1.19.